The van der Waals surface area contributed by atoms with Crippen molar-refractivity contribution < 1.29 is 19.1 Å². The average Bonchev–Trinajstić information content (AvgIpc) is 3.39. The van der Waals surface area contributed by atoms with Gasteiger partial charge in [0.2, 0.25) is 5.91 Å². The maximum atomic E-state index is 13.0. The number of para-hydroxylation sites is 1. The van der Waals surface area contributed by atoms with Gasteiger partial charge in [-0.2, -0.15) is 0 Å². The lowest BCUT2D eigenvalue weighted by Gasteiger charge is -2.25. The molecule has 3 rings (SSSR count). The van der Waals surface area contributed by atoms with Crippen molar-refractivity contribution in [2.24, 2.45) is 11.8 Å². The van der Waals surface area contributed by atoms with Crippen molar-refractivity contribution in [1.82, 2.24) is 15.5 Å². The molecule has 1 heterocycles. The molecule has 160 valence electrons. The lowest BCUT2D eigenvalue weighted by molar-refractivity contribution is -0.125. The van der Waals surface area contributed by atoms with Crippen LogP contribution in [0.1, 0.15) is 45.1 Å². The molecule has 3 amide bonds. The molecule has 7 nitrogen and oxygen atoms in total. The van der Waals surface area contributed by atoms with E-state index in [-0.39, 0.29) is 29.3 Å². The third-order valence-corrected chi connectivity index (χ3v) is 5.52. The Kier molecular flexibility index (Phi) is 6.24. The van der Waals surface area contributed by atoms with E-state index in [4.69, 9.17) is 9.47 Å². The summed E-state index contributed by atoms with van der Waals surface area (Å²) in [6.45, 7) is 7.39. The zero-order valence-electron chi connectivity index (χ0n) is 18.1. The Hall–Kier alpha value is -2.44. The van der Waals surface area contributed by atoms with Gasteiger partial charge in [0.05, 0.1) is 20.1 Å². The third kappa shape index (κ3) is 5.14. The van der Waals surface area contributed by atoms with Crippen LogP contribution in [0, 0.1) is 11.8 Å². The topological polar surface area (TPSA) is 79.9 Å². The van der Waals surface area contributed by atoms with Crippen molar-refractivity contribution in [2.45, 2.75) is 45.1 Å². The molecule has 0 radical (unpaired) electrons. The number of carbonyl (C=O) groups is 2. The molecule has 2 atom stereocenters. The second kappa shape index (κ2) is 8.51. The second-order valence-corrected chi connectivity index (χ2v) is 9.07. The molecule has 1 aliphatic heterocycles. The molecule has 29 heavy (non-hydrogen) atoms. The summed E-state index contributed by atoms with van der Waals surface area (Å²) >= 11 is 0. The number of hydrogen-bond acceptors (Lipinski definition) is 4. The van der Waals surface area contributed by atoms with E-state index in [1.807, 2.05) is 39.0 Å². The van der Waals surface area contributed by atoms with Crippen LogP contribution in [0.2, 0.25) is 0 Å². The summed E-state index contributed by atoms with van der Waals surface area (Å²) in [6, 6.07) is 5.54. The Morgan fingerprint density at radius 3 is 2.45 bits per heavy atom. The van der Waals surface area contributed by atoms with Crippen LogP contribution in [0.5, 0.6) is 11.5 Å². The van der Waals surface area contributed by atoms with E-state index in [1.54, 1.807) is 19.1 Å². The molecule has 1 saturated carbocycles. The number of benzene rings is 1. The van der Waals surface area contributed by atoms with Crippen LogP contribution in [-0.4, -0.2) is 56.2 Å². The quantitative estimate of drug-likeness (QED) is 0.765. The van der Waals surface area contributed by atoms with Gasteiger partial charge in [-0.3, -0.25) is 4.79 Å². The van der Waals surface area contributed by atoms with Crippen molar-refractivity contribution in [2.75, 3.05) is 33.9 Å². The van der Waals surface area contributed by atoms with E-state index >= 15 is 0 Å². The maximum Gasteiger partial charge on any atom is 0.317 e. The largest absolute Gasteiger partial charge is 0.493 e. The molecule has 0 aromatic heterocycles. The fourth-order valence-electron chi connectivity index (χ4n) is 3.85. The lowest BCUT2D eigenvalue weighted by atomic mass is 9.87. The number of amides is 3. The Balaban J connectivity index is 1.86. The smallest absolute Gasteiger partial charge is 0.317 e. The van der Waals surface area contributed by atoms with E-state index in [0.29, 0.717) is 37.1 Å². The van der Waals surface area contributed by atoms with Gasteiger partial charge >= 0.3 is 6.03 Å². The first-order valence-electron chi connectivity index (χ1n) is 10.3. The Morgan fingerprint density at radius 2 is 1.86 bits per heavy atom. The van der Waals surface area contributed by atoms with Crippen molar-refractivity contribution >= 4 is 11.9 Å². The SMILES string of the molecule is COc1cccc(C2CN(C(=O)NC(C)(C)C)CC2C(=O)NCC2CC2)c1OC. The third-order valence-electron chi connectivity index (χ3n) is 5.52. The molecule has 1 aromatic rings. The van der Waals surface area contributed by atoms with E-state index in [9.17, 15) is 9.59 Å². The van der Waals surface area contributed by atoms with Gasteiger partial charge in [0.15, 0.2) is 11.5 Å². The minimum atomic E-state index is -0.341. The van der Waals surface area contributed by atoms with Crippen LogP contribution < -0.4 is 20.1 Å². The standard InChI is InChI=1S/C22H33N3O4/c1-22(2,3)24-21(27)25-12-16(15-7-6-8-18(28-4)19(15)29-5)17(13-25)20(26)23-11-14-9-10-14/h6-8,14,16-17H,9-13H2,1-5H3,(H,23,26)(H,24,27). The molecular weight excluding hydrogens is 370 g/mol. The van der Waals surface area contributed by atoms with Crippen LogP contribution in [-0.2, 0) is 4.79 Å². The molecule has 7 heteroatoms. The number of methoxy groups -OCH3 is 2. The molecule has 1 saturated heterocycles. The molecule has 1 aromatic carbocycles. The highest BCUT2D eigenvalue weighted by atomic mass is 16.5. The molecule has 2 aliphatic rings. The summed E-state index contributed by atoms with van der Waals surface area (Å²) < 4.78 is 11.1. The van der Waals surface area contributed by atoms with Crippen LogP contribution in [0.4, 0.5) is 4.79 Å². The van der Waals surface area contributed by atoms with Crippen molar-refractivity contribution in [1.29, 1.82) is 0 Å². The van der Waals surface area contributed by atoms with E-state index < -0.39 is 0 Å². The number of likely N-dealkylation sites (tertiary alicyclic amines) is 1. The summed E-state index contributed by atoms with van der Waals surface area (Å²) in [5.74, 6) is 1.35. The first-order valence-corrected chi connectivity index (χ1v) is 10.3. The fourth-order valence-corrected chi connectivity index (χ4v) is 3.85. The van der Waals surface area contributed by atoms with Gasteiger partial charge in [-0.15, -0.1) is 0 Å². The summed E-state index contributed by atoms with van der Waals surface area (Å²) in [5, 5.41) is 6.09. The Morgan fingerprint density at radius 1 is 1.14 bits per heavy atom. The maximum absolute atomic E-state index is 13.0. The predicted molar refractivity (Wildman–Crippen MR) is 111 cm³/mol. The van der Waals surface area contributed by atoms with Gasteiger partial charge in [-0.1, -0.05) is 12.1 Å². The second-order valence-electron chi connectivity index (χ2n) is 9.07. The van der Waals surface area contributed by atoms with Gasteiger partial charge in [0.1, 0.15) is 0 Å². The highest BCUT2D eigenvalue weighted by molar-refractivity contribution is 5.83. The Bertz CT molecular complexity index is 755. The van der Waals surface area contributed by atoms with E-state index in [2.05, 4.69) is 10.6 Å². The molecule has 1 aliphatic carbocycles. The van der Waals surface area contributed by atoms with Crippen molar-refractivity contribution in [3.8, 4) is 11.5 Å². The fraction of sp³-hybridized carbons (Fsp3) is 0.636. The number of urea groups is 1. The molecule has 2 unspecified atom stereocenters. The molecule has 2 fully saturated rings. The minimum absolute atomic E-state index is 0.00201. The first kappa shape index (κ1) is 21.3. The summed E-state index contributed by atoms with van der Waals surface area (Å²) in [4.78, 5) is 27.5. The minimum Gasteiger partial charge on any atom is -0.493 e. The van der Waals surface area contributed by atoms with E-state index in [1.165, 1.54) is 12.8 Å². The Labute approximate surface area is 173 Å². The number of hydrogen-bond donors (Lipinski definition) is 2. The monoisotopic (exact) mass is 403 g/mol. The van der Waals surface area contributed by atoms with Crippen LogP contribution in [0.3, 0.4) is 0 Å². The zero-order valence-corrected chi connectivity index (χ0v) is 18.1. The summed E-state index contributed by atoms with van der Waals surface area (Å²) in [5.41, 5.74) is 0.552. The van der Waals surface area contributed by atoms with Gasteiger partial charge in [0, 0.05) is 36.7 Å². The van der Waals surface area contributed by atoms with Gasteiger partial charge < -0.3 is 25.0 Å². The number of carbonyl (C=O) groups excluding carboxylic acids is 2. The number of ether oxygens (including phenoxy) is 2. The molecule has 0 spiro atoms. The highest BCUT2D eigenvalue weighted by Crippen LogP contribution is 2.42. The van der Waals surface area contributed by atoms with Gasteiger partial charge in [0.25, 0.3) is 0 Å². The first-order chi connectivity index (χ1) is 13.7. The molecule has 0 bridgehead atoms. The lowest BCUT2D eigenvalue weighted by Crippen LogP contribution is -2.48. The van der Waals surface area contributed by atoms with Crippen LogP contribution in [0.25, 0.3) is 0 Å². The average molecular weight is 404 g/mol. The number of nitrogens with zero attached hydrogens (tertiary/aromatic N) is 1. The van der Waals surface area contributed by atoms with E-state index in [0.717, 1.165) is 5.56 Å². The van der Waals surface area contributed by atoms with Gasteiger partial charge in [-0.05, 0) is 45.6 Å². The van der Waals surface area contributed by atoms with Gasteiger partial charge in [-0.25, -0.2) is 4.79 Å². The number of rotatable bonds is 6. The summed E-state index contributed by atoms with van der Waals surface area (Å²) in [7, 11) is 3.20. The van der Waals surface area contributed by atoms with Crippen LogP contribution >= 0.6 is 0 Å². The van der Waals surface area contributed by atoms with Crippen LogP contribution in [0.15, 0.2) is 18.2 Å². The molecular formula is C22H33N3O4. The normalized spacial score (nSPS) is 21.6. The predicted octanol–water partition coefficient (Wildman–Crippen LogP) is 2.75. The zero-order chi connectivity index (χ0) is 21.2. The van der Waals surface area contributed by atoms with Crippen molar-refractivity contribution in [3.05, 3.63) is 23.8 Å². The summed E-state index contributed by atoms with van der Waals surface area (Å²) in [6.07, 6.45) is 2.36. The van der Waals surface area contributed by atoms with Crippen molar-refractivity contribution in [3.63, 3.8) is 0 Å². The highest BCUT2D eigenvalue weighted by Gasteiger charge is 2.42. The number of nitrogens with one attached hydrogen (secondary N) is 2. The molecule has 2 N–H and O–H groups in total.